The fourth-order valence-corrected chi connectivity index (χ4v) is 3.23. The first kappa shape index (κ1) is 15.8. The summed E-state index contributed by atoms with van der Waals surface area (Å²) >= 11 is 0. The molecule has 3 heterocycles. The number of piperidine rings is 1. The van der Waals surface area contributed by atoms with E-state index in [1.54, 1.807) is 0 Å². The number of aromatic nitrogens is 2. The molecule has 1 fully saturated rings. The van der Waals surface area contributed by atoms with Gasteiger partial charge in [0.2, 0.25) is 0 Å². The highest BCUT2D eigenvalue weighted by Gasteiger charge is 2.20. The van der Waals surface area contributed by atoms with Crippen LogP contribution in [0.2, 0.25) is 0 Å². The second-order valence-corrected chi connectivity index (χ2v) is 6.34. The Morgan fingerprint density at radius 1 is 1.43 bits per heavy atom. The number of hydrogen-bond acceptors (Lipinski definition) is 4. The molecule has 1 amide bonds. The van der Waals surface area contributed by atoms with Crippen molar-refractivity contribution in [2.75, 3.05) is 19.6 Å². The van der Waals surface area contributed by atoms with E-state index in [1.807, 2.05) is 37.5 Å². The molecule has 0 spiro atoms. The van der Waals surface area contributed by atoms with Gasteiger partial charge in [-0.15, -0.1) is 0 Å². The molecule has 1 aliphatic rings. The molecule has 0 saturated carbocycles. The smallest absolute Gasteiger partial charge is 0.253 e. The largest absolute Gasteiger partial charge is 0.360 e. The zero-order valence-corrected chi connectivity index (χ0v) is 14.0. The average molecular weight is 316 g/mol. The molecule has 0 aromatic carbocycles. The molecule has 1 atom stereocenters. The summed E-state index contributed by atoms with van der Waals surface area (Å²) in [5.74, 6) is 1.97. The molecule has 1 aliphatic heterocycles. The third kappa shape index (κ3) is 3.32. The number of nitrogens with one attached hydrogen (secondary N) is 2. The Balaban J connectivity index is 1.73. The van der Waals surface area contributed by atoms with Crippen molar-refractivity contribution in [3.05, 3.63) is 34.8 Å². The molecule has 2 aromatic rings. The maximum absolute atomic E-state index is 12.5. The number of nitrogens with zero attached hydrogens (tertiary/aromatic N) is 2. The van der Waals surface area contributed by atoms with Crippen molar-refractivity contribution >= 4 is 5.91 Å². The molecule has 2 aromatic heterocycles. The van der Waals surface area contributed by atoms with Gasteiger partial charge >= 0.3 is 0 Å². The van der Waals surface area contributed by atoms with Crippen molar-refractivity contribution in [1.82, 2.24) is 20.4 Å². The van der Waals surface area contributed by atoms with Crippen LogP contribution in [0, 0.1) is 26.7 Å². The van der Waals surface area contributed by atoms with E-state index < -0.39 is 0 Å². The average Bonchev–Trinajstić information content (AvgIpc) is 3.09. The summed E-state index contributed by atoms with van der Waals surface area (Å²) in [6.45, 7) is 8.56. The first-order chi connectivity index (χ1) is 11.1. The molecule has 23 heavy (non-hydrogen) atoms. The summed E-state index contributed by atoms with van der Waals surface area (Å²) in [4.78, 5) is 12.5. The Morgan fingerprint density at radius 3 is 2.91 bits per heavy atom. The number of aryl methyl sites for hydroxylation is 2. The fraction of sp³-hybridized carbons (Fsp3) is 0.529. The van der Waals surface area contributed by atoms with Crippen LogP contribution in [-0.4, -0.2) is 35.3 Å². The molecule has 2 N–H and O–H groups in total. The Labute approximate surface area is 136 Å². The van der Waals surface area contributed by atoms with Gasteiger partial charge in [0.15, 0.2) is 5.82 Å². The predicted octanol–water partition coefficient (Wildman–Crippen LogP) is 2.12. The van der Waals surface area contributed by atoms with Gasteiger partial charge in [0, 0.05) is 24.0 Å². The van der Waals surface area contributed by atoms with Crippen molar-refractivity contribution in [2.45, 2.75) is 33.6 Å². The lowest BCUT2D eigenvalue weighted by Crippen LogP contribution is -2.38. The van der Waals surface area contributed by atoms with E-state index in [-0.39, 0.29) is 5.91 Å². The molecule has 0 bridgehead atoms. The molecule has 1 unspecified atom stereocenters. The van der Waals surface area contributed by atoms with Gasteiger partial charge in [0.1, 0.15) is 5.76 Å². The van der Waals surface area contributed by atoms with Crippen molar-refractivity contribution in [3.8, 4) is 5.82 Å². The number of carbonyl (C=O) groups is 1. The van der Waals surface area contributed by atoms with Crippen molar-refractivity contribution in [3.63, 3.8) is 0 Å². The summed E-state index contributed by atoms with van der Waals surface area (Å²) in [6.07, 6.45) is 2.35. The van der Waals surface area contributed by atoms with Crippen LogP contribution in [-0.2, 0) is 0 Å². The fourth-order valence-electron chi connectivity index (χ4n) is 3.23. The predicted molar refractivity (Wildman–Crippen MR) is 88.0 cm³/mol. The molecule has 1 saturated heterocycles. The molecule has 0 aliphatic carbocycles. The monoisotopic (exact) mass is 316 g/mol. The second-order valence-electron chi connectivity index (χ2n) is 6.34. The molecule has 0 radical (unpaired) electrons. The van der Waals surface area contributed by atoms with Crippen LogP contribution in [0.5, 0.6) is 0 Å². The SMILES string of the molecule is Cc1cc(-n2c(C)cc(C(=O)NCC3CCCNC3)c2C)no1. The quantitative estimate of drug-likeness (QED) is 0.906. The highest BCUT2D eigenvalue weighted by atomic mass is 16.5. The van der Waals surface area contributed by atoms with Crippen molar-refractivity contribution in [1.29, 1.82) is 0 Å². The standard InChI is InChI=1S/C17H24N4O2/c1-11-7-15(13(3)21(11)16-8-12(2)23-20-16)17(22)19-10-14-5-4-6-18-9-14/h7-8,14,18H,4-6,9-10H2,1-3H3,(H,19,22). The van der Waals surface area contributed by atoms with Crippen LogP contribution in [0.4, 0.5) is 0 Å². The lowest BCUT2D eigenvalue weighted by Gasteiger charge is -2.22. The van der Waals surface area contributed by atoms with E-state index in [0.717, 1.165) is 36.8 Å². The molecular formula is C17H24N4O2. The van der Waals surface area contributed by atoms with Gasteiger partial charge in [-0.1, -0.05) is 5.16 Å². The maximum Gasteiger partial charge on any atom is 0.253 e. The molecular weight excluding hydrogens is 292 g/mol. The maximum atomic E-state index is 12.5. The first-order valence-corrected chi connectivity index (χ1v) is 8.18. The van der Waals surface area contributed by atoms with Crippen molar-refractivity contribution in [2.24, 2.45) is 5.92 Å². The number of amides is 1. The van der Waals surface area contributed by atoms with E-state index in [2.05, 4.69) is 15.8 Å². The topological polar surface area (TPSA) is 72.1 Å². The molecule has 6 nitrogen and oxygen atoms in total. The molecule has 3 rings (SSSR count). The van der Waals surface area contributed by atoms with Gasteiger partial charge in [0.25, 0.3) is 5.91 Å². The Hall–Kier alpha value is -2.08. The zero-order chi connectivity index (χ0) is 16.4. The van der Waals surface area contributed by atoms with E-state index in [0.29, 0.717) is 17.3 Å². The van der Waals surface area contributed by atoms with Gasteiger partial charge in [-0.3, -0.25) is 9.36 Å². The number of hydrogen-bond donors (Lipinski definition) is 2. The molecule has 6 heteroatoms. The van der Waals surface area contributed by atoms with Crippen LogP contribution in [0.25, 0.3) is 5.82 Å². The minimum Gasteiger partial charge on any atom is -0.360 e. The summed E-state index contributed by atoms with van der Waals surface area (Å²) < 4.78 is 7.10. The van der Waals surface area contributed by atoms with E-state index >= 15 is 0 Å². The van der Waals surface area contributed by atoms with Crippen LogP contribution >= 0.6 is 0 Å². The van der Waals surface area contributed by atoms with E-state index in [9.17, 15) is 4.79 Å². The third-order valence-corrected chi connectivity index (χ3v) is 4.47. The Kier molecular flexibility index (Phi) is 4.52. The molecule has 124 valence electrons. The third-order valence-electron chi connectivity index (χ3n) is 4.47. The van der Waals surface area contributed by atoms with Crippen LogP contribution in [0.3, 0.4) is 0 Å². The van der Waals surface area contributed by atoms with Gasteiger partial charge in [-0.25, -0.2) is 0 Å². The summed E-state index contributed by atoms with van der Waals surface area (Å²) in [5.41, 5.74) is 2.56. The first-order valence-electron chi connectivity index (χ1n) is 8.18. The van der Waals surface area contributed by atoms with Gasteiger partial charge < -0.3 is 15.2 Å². The normalized spacial score (nSPS) is 18.1. The summed E-state index contributed by atoms with van der Waals surface area (Å²) in [6, 6.07) is 3.78. The van der Waals surface area contributed by atoms with Crippen LogP contribution in [0.1, 0.15) is 40.3 Å². The highest BCUT2D eigenvalue weighted by molar-refractivity contribution is 5.95. The minimum absolute atomic E-state index is 0.0184. The van der Waals surface area contributed by atoms with E-state index in [1.165, 1.54) is 12.8 Å². The second kappa shape index (κ2) is 6.58. The highest BCUT2D eigenvalue weighted by Crippen LogP contribution is 2.20. The van der Waals surface area contributed by atoms with Gasteiger partial charge in [-0.2, -0.15) is 0 Å². The zero-order valence-electron chi connectivity index (χ0n) is 14.0. The lowest BCUT2D eigenvalue weighted by atomic mass is 10.00. The van der Waals surface area contributed by atoms with Gasteiger partial charge in [-0.05, 0) is 58.7 Å². The van der Waals surface area contributed by atoms with Gasteiger partial charge in [0.05, 0.1) is 5.56 Å². The Bertz CT molecular complexity index is 696. The van der Waals surface area contributed by atoms with Crippen LogP contribution in [0.15, 0.2) is 16.7 Å². The minimum atomic E-state index is -0.0184. The Morgan fingerprint density at radius 2 is 2.26 bits per heavy atom. The number of rotatable bonds is 4. The lowest BCUT2D eigenvalue weighted by molar-refractivity contribution is 0.0944. The van der Waals surface area contributed by atoms with Crippen molar-refractivity contribution < 1.29 is 9.32 Å². The number of carbonyl (C=O) groups excluding carboxylic acids is 1. The summed E-state index contributed by atoms with van der Waals surface area (Å²) in [5, 5.41) is 10.5. The summed E-state index contributed by atoms with van der Waals surface area (Å²) in [7, 11) is 0. The van der Waals surface area contributed by atoms with E-state index in [4.69, 9.17) is 4.52 Å². The van der Waals surface area contributed by atoms with Crippen LogP contribution < -0.4 is 10.6 Å².